The Morgan fingerprint density at radius 2 is 0.903 bits per heavy atom. The van der Waals surface area contributed by atoms with E-state index in [0.717, 1.165) is 64.2 Å². The van der Waals surface area contributed by atoms with Gasteiger partial charge in [0.2, 0.25) is 0 Å². The lowest BCUT2D eigenvalue weighted by molar-refractivity contribution is -0.887. The number of aliphatic carboxylic acids is 1. The molecule has 0 aliphatic rings. The number of esters is 2. The molecule has 62 heavy (non-hydrogen) atoms. The molecule has 0 spiro atoms. The topological polar surface area (TPSA) is 99.1 Å². The lowest BCUT2D eigenvalue weighted by Crippen LogP contribution is -2.50. The first-order valence-electron chi connectivity index (χ1n) is 25.7. The van der Waals surface area contributed by atoms with E-state index >= 15 is 0 Å². The van der Waals surface area contributed by atoms with Crippen molar-refractivity contribution >= 4 is 17.9 Å². The molecule has 8 heteroatoms. The van der Waals surface area contributed by atoms with E-state index < -0.39 is 18.1 Å². The molecule has 360 valence electrons. The van der Waals surface area contributed by atoms with Crippen molar-refractivity contribution in [2.24, 2.45) is 0 Å². The van der Waals surface area contributed by atoms with Crippen LogP contribution in [0, 0.1) is 0 Å². The van der Waals surface area contributed by atoms with Crippen LogP contribution in [0.1, 0.15) is 226 Å². The van der Waals surface area contributed by atoms with E-state index in [4.69, 9.17) is 14.2 Å². The first-order valence-corrected chi connectivity index (χ1v) is 25.7. The molecule has 2 unspecified atom stereocenters. The predicted octanol–water partition coefficient (Wildman–Crippen LogP) is 14.8. The smallest absolute Gasteiger partial charge is 0.362 e. The van der Waals surface area contributed by atoms with E-state index in [2.05, 4.69) is 62.5 Å². The number of hydrogen-bond acceptors (Lipinski definition) is 6. The molecule has 0 aliphatic heterocycles. The molecule has 0 aromatic carbocycles. The van der Waals surface area contributed by atoms with Crippen LogP contribution in [0.3, 0.4) is 0 Å². The SMILES string of the molecule is CCCCC/C=C/C=C/CCCCCCCCC(=O)OCC(COCCC(C(=O)O)[N+](C)(C)C)OC(=O)CCCCCCCCC/C=C/C/C=C/CCCCCCCCCCC. The van der Waals surface area contributed by atoms with Crippen molar-refractivity contribution in [3.05, 3.63) is 48.6 Å². The highest BCUT2D eigenvalue weighted by molar-refractivity contribution is 5.72. The summed E-state index contributed by atoms with van der Waals surface area (Å²) >= 11 is 0. The average Bonchev–Trinajstić information content (AvgIpc) is 3.23. The van der Waals surface area contributed by atoms with Gasteiger partial charge in [0.25, 0.3) is 0 Å². The summed E-state index contributed by atoms with van der Waals surface area (Å²) in [7, 11) is 5.53. The molecule has 0 amide bonds. The molecule has 0 saturated heterocycles. The van der Waals surface area contributed by atoms with Gasteiger partial charge in [0.1, 0.15) is 6.61 Å². The third-order valence-corrected chi connectivity index (χ3v) is 11.5. The minimum Gasteiger partial charge on any atom is -0.477 e. The Morgan fingerprint density at radius 3 is 1.37 bits per heavy atom. The molecule has 0 fully saturated rings. The molecule has 0 bridgehead atoms. The number of carbonyl (C=O) groups is 3. The maximum atomic E-state index is 12.8. The fourth-order valence-electron chi connectivity index (χ4n) is 7.47. The van der Waals surface area contributed by atoms with Crippen LogP contribution in [0.5, 0.6) is 0 Å². The molecule has 0 rings (SSSR count). The summed E-state index contributed by atoms with van der Waals surface area (Å²) in [4.78, 5) is 37.1. The summed E-state index contributed by atoms with van der Waals surface area (Å²) in [5.41, 5.74) is 0. The first kappa shape index (κ1) is 59.3. The number of allylic oxidation sites excluding steroid dienone is 8. The van der Waals surface area contributed by atoms with E-state index in [9.17, 15) is 19.5 Å². The minimum atomic E-state index is -0.878. The quantitative estimate of drug-likeness (QED) is 0.0214. The summed E-state index contributed by atoms with van der Waals surface area (Å²) < 4.78 is 17.3. The summed E-state index contributed by atoms with van der Waals surface area (Å²) in [6.07, 6.45) is 54.4. The normalized spacial score (nSPS) is 13.2. The van der Waals surface area contributed by atoms with Gasteiger partial charge in [-0.05, 0) is 70.6 Å². The highest BCUT2D eigenvalue weighted by Gasteiger charge is 2.31. The van der Waals surface area contributed by atoms with Gasteiger partial charge in [0.05, 0.1) is 34.4 Å². The van der Waals surface area contributed by atoms with Crippen molar-refractivity contribution in [3.63, 3.8) is 0 Å². The Bertz CT molecular complexity index is 1150. The van der Waals surface area contributed by atoms with Gasteiger partial charge in [-0.25, -0.2) is 4.79 Å². The second-order valence-corrected chi connectivity index (χ2v) is 18.4. The van der Waals surface area contributed by atoms with Gasteiger partial charge in [-0.2, -0.15) is 0 Å². The van der Waals surface area contributed by atoms with Crippen molar-refractivity contribution in [3.8, 4) is 0 Å². The monoisotopic (exact) mass is 873 g/mol. The summed E-state index contributed by atoms with van der Waals surface area (Å²) in [5, 5.41) is 9.65. The van der Waals surface area contributed by atoms with Gasteiger partial charge in [-0.15, -0.1) is 0 Å². The van der Waals surface area contributed by atoms with Crippen LogP contribution < -0.4 is 0 Å². The number of ether oxygens (including phenoxy) is 3. The molecule has 2 atom stereocenters. The minimum absolute atomic E-state index is 0.0538. The third-order valence-electron chi connectivity index (χ3n) is 11.5. The van der Waals surface area contributed by atoms with Crippen LogP contribution >= 0.6 is 0 Å². The molecule has 0 aromatic heterocycles. The lowest BCUT2D eigenvalue weighted by atomic mass is 10.1. The van der Waals surface area contributed by atoms with Crippen LogP contribution in [0.25, 0.3) is 0 Å². The van der Waals surface area contributed by atoms with Gasteiger partial charge in [-0.1, -0.05) is 184 Å². The molecule has 8 nitrogen and oxygen atoms in total. The zero-order chi connectivity index (χ0) is 45.6. The first-order chi connectivity index (χ1) is 30.1. The number of nitrogens with zero attached hydrogens (tertiary/aromatic N) is 1. The zero-order valence-electron chi connectivity index (χ0n) is 41.1. The van der Waals surface area contributed by atoms with Crippen molar-refractivity contribution in [2.45, 2.75) is 238 Å². The van der Waals surface area contributed by atoms with Gasteiger partial charge in [0.15, 0.2) is 12.1 Å². The molecule has 0 saturated carbocycles. The molecule has 0 aliphatic carbocycles. The molecule has 0 heterocycles. The fourth-order valence-corrected chi connectivity index (χ4v) is 7.47. The van der Waals surface area contributed by atoms with Crippen molar-refractivity contribution in [2.75, 3.05) is 41.0 Å². The molecule has 1 N–H and O–H groups in total. The summed E-state index contributed by atoms with van der Waals surface area (Å²) in [5.74, 6) is -1.49. The summed E-state index contributed by atoms with van der Waals surface area (Å²) in [6, 6.07) is -0.619. The van der Waals surface area contributed by atoms with Crippen molar-refractivity contribution in [1.82, 2.24) is 0 Å². The lowest BCUT2D eigenvalue weighted by Gasteiger charge is -2.31. The number of hydrogen-bond donors (Lipinski definition) is 1. The standard InChI is InChI=1S/C54H97NO7/c1-6-8-10-12-14-16-18-20-22-23-24-25-26-27-28-29-31-33-35-37-39-41-43-45-53(57)62-50(48-60-47-46-51(54(58)59)55(3,4)5)49-61-52(56)44-42-40-38-36-34-32-30-21-19-17-15-13-11-9-7-2/h15,17,19,21,24-25,27-28,50-51H,6-14,16,18,20,22-23,26,29-49H2,1-5H3/p+1/b17-15+,21-19+,25-24+,28-27+. The van der Waals surface area contributed by atoms with E-state index in [0.29, 0.717) is 19.3 Å². The highest BCUT2D eigenvalue weighted by atomic mass is 16.6. The van der Waals surface area contributed by atoms with E-state index in [-0.39, 0.29) is 36.2 Å². The van der Waals surface area contributed by atoms with Crippen LogP contribution in [-0.4, -0.2) is 80.6 Å². The molecule has 0 aromatic rings. The van der Waals surface area contributed by atoms with Crippen LogP contribution in [0.15, 0.2) is 48.6 Å². The Morgan fingerprint density at radius 1 is 0.500 bits per heavy atom. The predicted molar refractivity (Wildman–Crippen MR) is 261 cm³/mol. The largest absolute Gasteiger partial charge is 0.477 e. The van der Waals surface area contributed by atoms with Gasteiger partial charge in [-0.3, -0.25) is 9.59 Å². The number of quaternary nitrogens is 1. The average molecular weight is 873 g/mol. The van der Waals surface area contributed by atoms with Crippen LogP contribution in [-0.2, 0) is 28.6 Å². The van der Waals surface area contributed by atoms with Gasteiger partial charge >= 0.3 is 17.9 Å². The molecule has 0 radical (unpaired) electrons. The Kier molecular flexibility index (Phi) is 42.9. The number of carboxylic acid groups (broad SMARTS) is 1. The number of likely N-dealkylation sites (N-methyl/N-ethyl adjacent to an activating group) is 1. The van der Waals surface area contributed by atoms with E-state index in [1.165, 1.54) is 128 Å². The Hall–Kier alpha value is -2.71. The third kappa shape index (κ3) is 42.6. The van der Waals surface area contributed by atoms with E-state index in [1.807, 2.05) is 21.1 Å². The zero-order valence-corrected chi connectivity index (χ0v) is 41.1. The fraction of sp³-hybridized carbons (Fsp3) is 0.796. The molecular formula is C54H98NO7+. The number of rotatable bonds is 46. The second-order valence-electron chi connectivity index (χ2n) is 18.4. The Balaban J connectivity index is 4.26. The Labute approximate surface area is 382 Å². The number of carbonyl (C=O) groups excluding carboxylic acids is 2. The highest BCUT2D eigenvalue weighted by Crippen LogP contribution is 2.15. The van der Waals surface area contributed by atoms with Crippen LogP contribution in [0.4, 0.5) is 0 Å². The van der Waals surface area contributed by atoms with Crippen LogP contribution in [0.2, 0.25) is 0 Å². The number of carboxylic acids is 1. The van der Waals surface area contributed by atoms with Crippen molar-refractivity contribution < 1.29 is 38.2 Å². The second kappa shape index (κ2) is 44.9. The summed E-state index contributed by atoms with van der Waals surface area (Å²) in [6.45, 7) is 4.70. The molecular weight excluding hydrogens is 775 g/mol. The van der Waals surface area contributed by atoms with E-state index in [1.54, 1.807) is 0 Å². The van der Waals surface area contributed by atoms with Gasteiger partial charge in [0, 0.05) is 19.3 Å². The number of unbranched alkanes of at least 4 members (excludes halogenated alkanes) is 25. The maximum absolute atomic E-state index is 12.8. The van der Waals surface area contributed by atoms with Crippen molar-refractivity contribution in [1.29, 1.82) is 0 Å². The maximum Gasteiger partial charge on any atom is 0.362 e. The van der Waals surface area contributed by atoms with Gasteiger partial charge < -0.3 is 23.8 Å².